The molecule has 0 spiro atoms. The summed E-state index contributed by atoms with van der Waals surface area (Å²) in [6, 6.07) is 7.78. The fourth-order valence-corrected chi connectivity index (χ4v) is 2.31. The van der Waals surface area contributed by atoms with Gasteiger partial charge in [-0.2, -0.15) is 18.2 Å². The fourth-order valence-electron chi connectivity index (χ4n) is 2.11. The molecule has 33 heavy (non-hydrogen) atoms. The summed E-state index contributed by atoms with van der Waals surface area (Å²) in [5.74, 6) is -2.98. The highest BCUT2D eigenvalue weighted by Crippen LogP contribution is 2.21. The molecule has 0 aliphatic heterocycles. The van der Waals surface area contributed by atoms with Crippen LogP contribution in [0.2, 0.25) is 5.15 Å². The number of benzene rings is 1. The molecule has 2 aromatic rings. The molecule has 0 saturated carbocycles. The van der Waals surface area contributed by atoms with Gasteiger partial charge in [0, 0.05) is 6.54 Å². The van der Waals surface area contributed by atoms with Crippen LogP contribution in [0.5, 0.6) is 5.75 Å². The summed E-state index contributed by atoms with van der Waals surface area (Å²) in [4.78, 5) is 32.0. The zero-order valence-corrected chi connectivity index (χ0v) is 17.9. The molecule has 0 saturated heterocycles. The molecule has 2 rings (SSSR count). The van der Waals surface area contributed by atoms with E-state index in [0.29, 0.717) is 13.2 Å². The molecule has 0 aliphatic rings. The molecule has 0 aliphatic carbocycles. The lowest BCUT2D eigenvalue weighted by atomic mass is 10.1. The van der Waals surface area contributed by atoms with Crippen LogP contribution in [0.15, 0.2) is 29.3 Å². The first kappa shape index (κ1) is 27.2. The largest absolute Gasteiger partial charge is 0.494 e. The third kappa shape index (κ3) is 9.47. The number of aliphatic carboxylic acids is 1. The number of rotatable bonds is 7. The lowest BCUT2D eigenvalue weighted by Gasteiger charge is -2.10. The molecular formula is C18H21ClF3N7O4. The number of nitrogens with two attached hydrogens (primary N) is 3. The summed E-state index contributed by atoms with van der Waals surface area (Å²) in [7, 11) is 0. The second kappa shape index (κ2) is 12.3. The smallest absolute Gasteiger partial charge is 0.490 e. The molecule has 0 atom stereocenters. The number of carbonyl (C=O) groups is 2. The summed E-state index contributed by atoms with van der Waals surface area (Å²) in [5.41, 5.74) is 17.0. The van der Waals surface area contributed by atoms with Crippen molar-refractivity contribution in [3.8, 4) is 5.75 Å². The molecule has 180 valence electrons. The summed E-state index contributed by atoms with van der Waals surface area (Å²) >= 11 is 6.05. The maximum absolute atomic E-state index is 11.8. The molecule has 1 aromatic heterocycles. The van der Waals surface area contributed by atoms with E-state index in [4.69, 9.17) is 43.4 Å². The van der Waals surface area contributed by atoms with Crippen molar-refractivity contribution in [3.63, 3.8) is 0 Å². The van der Waals surface area contributed by atoms with Crippen molar-refractivity contribution in [2.24, 2.45) is 16.5 Å². The van der Waals surface area contributed by atoms with Gasteiger partial charge in [-0.05, 0) is 31.0 Å². The second-order valence-corrected chi connectivity index (χ2v) is 6.35. The highest BCUT2D eigenvalue weighted by molar-refractivity contribution is 6.32. The van der Waals surface area contributed by atoms with Gasteiger partial charge in [0.05, 0.1) is 6.61 Å². The molecule has 1 aromatic carbocycles. The Balaban J connectivity index is 0.000000675. The van der Waals surface area contributed by atoms with Crippen molar-refractivity contribution in [3.05, 3.63) is 40.7 Å². The molecule has 8 N–H and O–H groups in total. The van der Waals surface area contributed by atoms with Gasteiger partial charge in [-0.25, -0.2) is 14.8 Å². The quantitative estimate of drug-likeness (QED) is 0.282. The minimum absolute atomic E-state index is 0.0000339. The number of nitrogens with zero attached hydrogens (tertiary/aromatic N) is 3. The van der Waals surface area contributed by atoms with Crippen LogP contribution in [0.3, 0.4) is 0 Å². The lowest BCUT2D eigenvalue weighted by molar-refractivity contribution is -0.192. The Kier molecular flexibility index (Phi) is 10.1. The van der Waals surface area contributed by atoms with Crippen LogP contribution in [0.1, 0.15) is 23.0 Å². The van der Waals surface area contributed by atoms with Gasteiger partial charge in [-0.15, -0.1) is 0 Å². The number of nitrogen functional groups attached to an aromatic ring is 1. The number of aromatic nitrogens is 2. The number of carboxylic acids is 1. The van der Waals surface area contributed by atoms with E-state index in [1.54, 1.807) is 0 Å². The Morgan fingerprint density at radius 1 is 1.21 bits per heavy atom. The first-order chi connectivity index (χ1) is 15.3. The number of hydrogen-bond acceptors (Lipinski definition) is 7. The first-order valence-corrected chi connectivity index (χ1v) is 9.45. The topological polar surface area (TPSA) is 192 Å². The zero-order chi connectivity index (χ0) is 25.2. The molecule has 0 bridgehead atoms. The Labute approximate surface area is 190 Å². The Morgan fingerprint density at radius 3 is 2.27 bits per heavy atom. The van der Waals surface area contributed by atoms with Gasteiger partial charge in [-0.3, -0.25) is 4.79 Å². The first-order valence-electron chi connectivity index (χ1n) is 9.07. The van der Waals surface area contributed by atoms with E-state index in [0.717, 1.165) is 17.7 Å². The summed E-state index contributed by atoms with van der Waals surface area (Å²) in [6.07, 6.45) is -4.36. The number of hydrogen-bond donors (Lipinski definition) is 5. The Bertz CT molecular complexity index is 998. The highest BCUT2D eigenvalue weighted by atomic mass is 35.5. The maximum atomic E-state index is 11.8. The van der Waals surface area contributed by atoms with E-state index >= 15 is 0 Å². The predicted octanol–water partition coefficient (Wildman–Crippen LogP) is 1.81. The number of carboxylic acid groups (broad SMARTS) is 1. The number of aliphatic imine (C=N–C) groups is 1. The molecule has 0 fully saturated rings. The Morgan fingerprint density at radius 2 is 1.79 bits per heavy atom. The van der Waals surface area contributed by atoms with Crippen LogP contribution >= 0.6 is 11.6 Å². The number of anilines is 2. The summed E-state index contributed by atoms with van der Waals surface area (Å²) in [5, 5.41) is 10.2. The lowest BCUT2D eigenvalue weighted by Crippen LogP contribution is -2.25. The number of amides is 1. The van der Waals surface area contributed by atoms with Crippen molar-refractivity contribution in [2.45, 2.75) is 19.5 Å². The van der Waals surface area contributed by atoms with Crippen molar-refractivity contribution in [1.29, 1.82) is 0 Å². The van der Waals surface area contributed by atoms with Crippen LogP contribution in [0.25, 0.3) is 0 Å². The predicted molar refractivity (Wildman–Crippen MR) is 115 cm³/mol. The van der Waals surface area contributed by atoms with E-state index in [2.05, 4.69) is 20.3 Å². The van der Waals surface area contributed by atoms with Crippen LogP contribution in [-0.2, 0) is 11.2 Å². The van der Waals surface area contributed by atoms with Gasteiger partial charge < -0.3 is 32.4 Å². The van der Waals surface area contributed by atoms with Gasteiger partial charge in [0.15, 0.2) is 28.4 Å². The second-order valence-electron chi connectivity index (χ2n) is 6.00. The number of guanidine groups is 1. The fraction of sp³-hybridized carbons (Fsp3) is 0.278. The monoisotopic (exact) mass is 491 g/mol. The molecule has 0 unspecified atom stereocenters. The minimum atomic E-state index is -5.08. The van der Waals surface area contributed by atoms with E-state index in [9.17, 15) is 18.0 Å². The summed E-state index contributed by atoms with van der Waals surface area (Å²) in [6.45, 7) is 3.11. The molecule has 11 nitrogen and oxygen atoms in total. The SMILES string of the molecule is CCOc1ccc(CCNc2nc(N)c(C(=O)N=C(N)N)nc2Cl)cc1.O=C(O)C(F)(F)F. The summed E-state index contributed by atoms with van der Waals surface area (Å²) < 4.78 is 37.1. The van der Waals surface area contributed by atoms with E-state index in [1.165, 1.54) is 0 Å². The van der Waals surface area contributed by atoms with E-state index in [-0.39, 0.29) is 22.5 Å². The average Bonchev–Trinajstić information content (AvgIpc) is 2.71. The standard InChI is InChI=1S/C16H20ClN7O2.C2HF3O2/c1-2-26-10-5-3-9(4-6-10)7-8-21-14-12(17)22-11(13(18)23-14)15(25)24-16(19)20;3-2(4,5)1(6)7/h3-6H,2,7-8H2,1H3,(H3,18,21,23)(H4,19,20,24,25);(H,6,7). The Hall–Kier alpha value is -3.81. The average molecular weight is 492 g/mol. The number of carbonyl (C=O) groups excluding carboxylic acids is 1. The van der Waals surface area contributed by atoms with Gasteiger partial charge in [0.1, 0.15) is 5.75 Å². The molecule has 0 radical (unpaired) electrons. The highest BCUT2D eigenvalue weighted by Gasteiger charge is 2.38. The molecule has 1 amide bonds. The van der Waals surface area contributed by atoms with Crippen molar-refractivity contribution in [2.75, 3.05) is 24.2 Å². The van der Waals surface area contributed by atoms with Crippen molar-refractivity contribution in [1.82, 2.24) is 9.97 Å². The molecule has 15 heteroatoms. The van der Waals surface area contributed by atoms with Crippen molar-refractivity contribution >= 4 is 41.1 Å². The zero-order valence-electron chi connectivity index (χ0n) is 17.2. The van der Waals surface area contributed by atoms with E-state index < -0.39 is 24.0 Å². The minimum Gasteiger partial charge on any atom is -0.494 e. The van der Waals surface area contributed by atoms with Crippen LogP contribution in [-0.4, -0.2) is 52.2 Å². The van der Waals surface area contributed by atoms with Crippen LogP contribution < -0.4 is 27.3 Å². The van der Waals surface area contributed by atoms with Gasteiger partial charge in [0.2, 0.25) is 0 Å². The maximum Gasteiger partial charge on any atom is 0.490 e. The number of alkyl halides is 3. The van der Waals surface area contributed by atoms with Gasteiger partial charge in [0.25, 0.3) is 0 Å². The van der Waals surface area contributed by atoms with Crippen LogP contribution in [0.4, 0.5) is 24.8 Å². The number of nitrogens with one attached hydrogen (secondary N) is 1. The normalized spacial score (nSPS) is 10.5. The van der Waals surface area contributed by atoms with E-state index in [1.807, 2.05) is 31.2 Å². The third-order valence-electron chi connectivity index (χ3n) is 3.50. The van der Waals surface area contributed by atoms with Gasteiger partial charge >= 0.3 is 18.1 Å². The number of ether oxygens (including phenoxy) is 1. The molecular weight excluding hydrogens is 471 g/mol. The van der Waals surface area contributed by atoms with Crippen molar-refractivity contribution < 1.29 is 32.6 Å². The molecule has 1 heterocycles. The number of halogens is 4. The third-order valence-corrected chi connectivity index (χ3v) is 3.76. The van der Waals surface area contributed by atoms with Gasteiger partial charge in [-0.1, -0.05) is 23.7 Å². The van der Waals surface area contributed by atoms with Crippen LogP contribution in [0, 0.1) is 0 Å².